The van der Waals surface area contributed by atoms with Crippen molar-refractivity contribution in [3.05, 3.63) is 36.5 Å². The zero-order valence-electron chi connectivity index (χ0n) is 32.6. The maximum atomic E-state index is 13.1. The molecule has 0 aromatic heterocycles. The van der Waals surface area contributed by atoms with Gasteiger partial charge in [-0.1, -0.05) is 147 Å². The molecule has 4 heteroatoms. The molecule has 1 saturated heterocycles. The van der Waals surface area contributed by atoms with Gasteiger partial charge >= 0.3 is 6.09 Å². The molecule has 0 aromatic carbocycles. The largest absolute Gasteiger partial charge is 0.449 e. The summed E-state index contributed by atoms with van der Waals surface area (Å²) in [5.41, 5.74) is 0. The first kappa shape index (κ1) is 44.5. The molecule has 1 aliphatic rings. The Labute approximate surface area is 300 Å². The molecular weight excluding hydrogens is 588 g/mol. The first-order valence-electron chi connectivity index (χ1n) is 21.3. The number of nitrogens with zero attached hydrogens (tertiary/aromatic N) is 2. The maximum absolute atomic E-state index is 13.1. The predicted octanol–water partition coefficient (Wildman–Crippen LogP) is 13.8. The Morgan fingerprint density at radius 2 is 1.02 bits per heavy atom. The van der Waals surface area contributed by atoms with Crippen molar-refractivity contribution >= 4 is 6.09 Å². The van der Waals surface area contributed by atoms with E-state index < -0.39 is 0 Å². The second-order valence-corrected chi connectivity index (χ2v) is 14.7. The van der Waals surface area contributed by atoms with Gasteiger partial charge in [-0.2, -0.15) is 0 Å². The van der Waals surface area contributed by atoms with Crippen molar-refractivity contribution in [2.45, 2.75) is 206 Å². The number of carbonyl (C=O) groups is 1. The standard InChI is InChI=1S/C44H82N2O2/c1-4-6-8-10-12-14-16-18-20-22-24-26-28-30-32-34-40-46(44(47)48-42-38-43-37-36-39-45(43)3)41-35-33-31-29-27-25-23-21-19-17-15-13-11-9-7-5-2/h12,14,18-21,43H,4-11,13,15-17,22-42H2,1-3H3/b14-12-,20-18-,21-19-. The molecule has 48 heavy (non-hydrogen) atoms. The SMILES string of the molecule is CCCCC/C=C\C/C=C\CCCCCCCCN(CCCCCCCC/C=C\CCCCCCCC)C(=O)OCCC1CCCN1C. The monoisotopic (exact) mass is 671 g/mol. The van der Waals surface area contributed by atoms with Gasteiger partial charge in [-0.25, -0.2) is 4.79 Å². The first-order valence-corrected chi connectivity index (χ1v) is 21.3. The third-order valence-corrected chi connectivity index (χ3v) is 10.2. The molecule has 1 amide bonds. The molecule has 0 aromatic rings. The van der Waals surface area contributed by atoms with Gasteiger partial charge in [0.15, 0.2) is 0 Å². The normalized spacial score (nSPS) is 15.5. The Balaban J connectivity index is 2.16. The van der Waals surface area contributed by atoms with Gasteiger partial charge < -0.3 is 14.5 Å². The van der Waals surface area contributed by atoms with Crippen LogP contribution in [0.1, 0.15) is 200 Å². The van der Waals surface area contributed by atoms with Crippen LogP contribution < -0.4 is 0 Å². The topological polar surface area (TPSA) is 32.8 Å². The third kappa shape index (κ3) is 28.3. The molecule has 1 fully saturated rings. The van der Waals surface area contributed by atoms with Crippen molar-refractivity contribution in [2.24, 2.45) is 0 Å². The molecule has 1 unspecified atom stereocenters. The molecule has 4 nitrogen and oxygen atoms in total. The van der Waals surface area contributed by atoms with E-state index >= 15 is 0 Å². The molecule has 1 atom stereocenters. The Kier molecular flexibility index (Phi) is 32.7. The number of hydrogen-bond acceptors (Lipinski definition) is 3. The summed E-state index contributed by atoms with van der Waals surface area (Å²) in [7, 11) is 2.20. The van der Waals surface area contributed by atoms with Crippen molar-refractivity contribution in [3.63, 3.8) is 0 Å². The second-order valence-electron chi connectivity index (χ2n) is 14.7. The van der Waals surface area contributed by atoms with Crippen LogP contribution in [0.2, 0.25) is 0 Å². The van der Waals surface area contributed by atoms with Crippen molar-refractivity contribution in [1.29, 1.82) is 0 Å². The third-order valence-electron chi connectivity index (χ3n) is 10.2. The number of rotatable bonds is 34. The van der Waals surface area contributed by atoms with Gasteiger partial charge in [0.25, 0.3) is 0 Å². The molecule has 0 N–H and O–H groups in total. The van der Waals surface area contributed by atoms with Crippen molar-refractivity contribution in [1.82, 2.24) is 9.80 Å². The van der Waals surface area contributed by atoms with Crippen LogP contribution in [0.3, 0.4) is 0 Å². The zero-order valence-corrected chi connectivity index (χ0v) is 32.6. The molecule has 280 valence electrons. The molecule has 0 spiro atoms. The van der Waals surface area contributed by atoms with Gasteiger partial charge in [0.2, 0.25) is 0 Å². The number of likely N-dealkylation sites (tertiary alicyclic amines) is 1. The molecule has 0 radical (unpaired) electrons. The fourth-order valence-corrected chi connectivity index (χ4v) is 6.85. The molecule has 0 bridgehead atoms. The Morgan fingerprint density at radius 1 is 0.604 bits per heavy atom. The van der Waals surface area contributed by atoms with Crippen LogP contribution in [-0.2, 0) is 4.74 Å². The first-order chi connectivity index (χ1) is 23.7. The molecule has 0 aliphatic carbocycles. The molecule has 1 rings (SSSR count). The quantitative estimate of drug-likeness (QED) is 0.0504. The van der Waals surface area contributed by atoms with E-state index in [1.807, 2.05) is 4.90 Å². The van der Waals surface area contributed by atoms with E-state index in [0.717, 1.165) is 38.8 Å². The van der Waals surface area contributed by atoms with Gasteiger partial charge in [-0.05, 0) is 103 Å². The lowest BCUT2D eigenvalue weighted by Gasteiger charge is -2.24. The maximum Gasteiger partial charge on any atom is 0.409 e. The van der Waals surface area contributed by atoms with Crippen LogP contribution in [0.4, 0.5) is 4.79 Å². The zero-order chi connectivity index (χ0) is 34.6. The van der Waals surface area contributed by atoms with E-state index in [1.54, 1.807) is 0 Å². The lowest BCUT2D eigenvalue weighted by Crippen LogP contribution is -2.34. The minimum Gasteiger partial charge on any atom is -0.449 e. The number of amides is 1. The van der Waals surface area contributed by atoms with E-state index in [0.29, 0.717) is 12.6 Å². The average Bonchev–Trinajstić information content (AvgIpc) is 3.50. The summed E-state index contributed by atoms with van der Waals surface area (Å²) in [5, 5.41) is 0. The number of carbonyl (C=O) groups excluding carboxylic acids is 1. The highest BCUT2D eigenvalue weighted by molar-refractivity contribution is 5.67. The summed E-state index contributed by atoms with van der Waals surface area (Å²) in [6.07, 6.45) is 50.9. The summed E-state index contributed by atoms with van der Waals surface area (Å²) >= 11 is 0. The highest BCUT2D eigenvalue weighted by Crippen LogP contribution is 2.18. The van der Waals surface area contributed by atoms with Gasteiger partial charge in [0, 0.05) is 19.1 Å². The smallest absolute Gasteiger partial charge is 0.409 e. The van der Waals surface area contributed by atoms with Crippen LogP contribution in [0.15, 0.2) is 36.5 Å². The molecular formula is C44H82N2O2. The minimum absolute atomic E-state index is 0.0778. The van der Waals surface area contributed by atoms with E-state index in [1.165, 1.54) is 167 Å². The van der Waals surface area contributed by atoms with Crippen LogP contribution in [-0.4, -0.2) is 55.2 Å². The summed E-state index contributed by atoms with van der Waals surface area (Å²) in [6, 6.07) is 0.578. The fraction of sp³-hybridized carbons (Fsp3) is 0.841. The second kappa shape index (κ2) is 35.3. The average molecular weight is 671 g/mol. The van der Waals surface area contributed by atoms with Gasteiger partial charge in [0.05, 0.1) is 6.61 Å². The summed E-state index contributed by atoms with van der Waals surface area (Å²) in [6.45, 7) is 7.98. The van der Waals surface area contributed by atoms with Crippen molar-refractivity contribution < 1.29 is 9.53 Å². The number of hydrogen-bond donors (Lipinski definition) is 0. The Hall–Kier alpha value is -1.55. The Bertz CT molecular complexity index is 776. The van der Waals surface area contributed by atoms with Gasteiger partial charge in [0.1, 0.15) is 0 Å². The summed E-state index contributed by atoms with van der Waals surface area (Å²) in [4.78, 5) is 17.5. The lowest BCUT2D eigenvalue weighted by atomic mass is 10.1. The van der Waals surface area contributed by atoms with E-state index in [4.69, 9.17) is 4.74 Å². The van der Waals surface area contributed by atoms with Crippen molar-refractivity contribution in [2.75, 3.05) is 33.3 Å². The van der Waals surface area contributed by atoms with E-state index in [2.05, 4.69) is 62.3 Å². The summed E-state index contributed by atoms with van der Waals surface area (Å²) < 4.78 is 5.82. The van der Waals surface area contributed by atoms with Crippen LogP contribution in [0.5, 0.6) is 0 Å². The lowest BCUT2D eigenvalue weighted by molar-refractivity contribution is 0.0930. The molecule has 0 saturated carbocycles. The highest BCUT2D eigenvalue weighted by Gasteiger charge is 2.21. The van der Waals surface area contributed by atoms with Gasteiger partial charge in [-0.3, -0.25) is 0 Å². The molecule has 1 aliphatic heterocycles. The van der Waals surface area contributed by atoms with Gasteiger partial charge in [-0.15, -0.1) is 0 Å². The highest BCUT2D eigenvalue weighted by atomic mass is 16.6. The minimum atomic E-state index is -0.0778. The predicted molar refractivity (Wildman–Crippen MR) is 212 cm³/mol. The molecule has 1 heterocycles. The van der Waals surface area contributed by atoms with Crippen molar-refractivity contribution in [3.8, 4) is 0 Å². The summed E-state index contributed by atoms with van der Waals surface area (Å²) in [5.74, 6) is 0. The number of unbranched alkanes of at least 4 members (excludes halogenated alkanes) is 21. The van der Waals surface area contributed by atoms with Crippen LogP contribution in [0, 0.1) is 0 Å². The fourth-order valence-electron chi connectivity index (χ4n) is 6.85. The number of allylic oxidation sites excluding steroid dienone is 6. The van der Waals surface area contributed by atoms with E-state index in [9.17, 15) is 4.79 Å². The number of ether oxygens (including phenoxy) is 1. The van der Waals surface area contributed by atoms with E-state index in [-0.39, 0.29) is 6.09 Å². The Morgan fingerprint density at radius 3 is 1.50 bits per heavy atom. The van der Waals surface area contributed by atoms with Crippen LogP contribution >= 0.6 is 0 Å². The van der Waals surface area contributed by atoms with Crippen LogP contribution in [0.25, 0.3) is 0 Å².